The summed E-state index contributed by atoms with van der Waals surface area (Å²) < 4.78 is 5.44. The molecule has 2 nitrogen and oxygen atoms in total. The lowest BCUT2D eigenvalue weighted by atomic mass is 10.1. The molecule has 0 N–H and O–H groups in total. The summed E-state index contributed by atoms with van der Waals surface area (Å²) in [7, 11) is 0. The summed E-state index contributed by atoms with van der Waals surface area (Å²) in [5.41, 5.74) is 0. The van der Waals surface area contributed by atoms with Crippen molar-refractivity contribution in [3.05, 3.63) is 5.82 Å². The van der Waals surface area contributed by atoms with Gasteiger partial charge < -0.3 is 0 Å². The minimum absolute atomic E-state index is 0.950. The molecule has 0 spiro atoms. The number of nitrogens with zero attached hydrogens (tertiary/aromatic N) is 2. The van der Waals surface area contributed by atoms with Crippen LogP contribution in [0.1, 0.15) is 57.7 Å². The fraction of sp³-hybridized carbons (Fsp3) is 0.846. The number of hydrogen-bond acceptors (Lipinski definition) is 4. The molecule has 0 saturated carbocycles. The number of rotatable bonds is 11. The Labute approximate surface area is 128 Å². The number of aromatic nitrogens is 2. The number of hydrogen-bond donors (Lipinski definition) is 0. The smallest absolute Gasteiger partial charge is 0.170 e. The fourth-order valence-electron chi connectivity index (χ4n) is 1.68. The second-order valence-corrected chi connectivity index (χ2v) is 7.23. The number of thioether (sulfide) groups is 1. The van der Waals surface area contributed by atoms with E-state index in [1.807, 2.05) is 11.8 Å². The first-order valence-electron chi connectivity index (χ1n) is 6.88. The molecule has 0 radical (unpaired) electrons. The van der Waals surface area contributed by atoms with E-state index < -0.39 is 0 Å². The van der Waals surface area contributed by atoms with E-state index in [1.54, 1.807) is 11.5 Å². The normalized spacial score (nSPS) is 11.0. The first kappa shape index (κ1) is 16.4. The van der Waals surface area contributed by atoms with Crippen LogP contribution in [0.25, 0.3) is 0 Å². The maximum absolute atomic E-state index is 4.46. The zero-order chi connectivity index (χ0) is 13.1. The second-order valence-electron chi connectivity index (χ2n) is 4.34. The van der Waals surface area contributed by atoms with Gasteiger partial charge in [-0.2, -0.15) is 4.37 Å². The van der Waals surface area contributed by atoms with Crippen molar-refractivity contribution < 1.29 is 0 Å². The van der Waals surface area contributed by atoms with Gasteiger partial charge in [0.25, 0.3) is 0 Å². The summed E-state index contributed by atoms with van der Waals surface area (Å²) in [6, 6.07) is 0. The van der Waals surface area contributed by atoms with Gasteiger partial charge in [-0.3, -0.25) is 0 Å². The standard InChI is InChI=1S/C13H23BrN2S2/c1-2-12-15-13(18-16-12)17-11-9-7-5-3-4-6-8-10-14/h2-11H2,1H3. The van der Waals surface area contributed by atoms with Crippen LogP contribution in [0.2, 0.25) is 0 Å². The van der Waals surface area contributed by atoms with Crippen molar-refractivity contribution in [1.82, 2.24) is 9.36 Å². The molecule has 5 heteroatoms. The van der Waals surface area contributed by atoms with E-state index in [4.69, 9.17) is 0 Å². The highest BCUT2D eigenvalue weighted by Gasteiger charge is 2.02. The third kappa shape index (κ3) is 7.74. The average molecular weight is 351 g/mol. The van der Waals surface area contributed by atoms with Gasteiger partial charge in [0.15, 0.2) is 4.34 Å². The molecule has 1 aromatic rings. The van der Waals surface area contributed by atoms with E-state index in [1.165, 1.54) is 50.7 Å². The van der Waals surface area contributed by atoms with Crippen molar-refractivity contribution in [1.29, 1.82) is 0 Å². The van der Waals surface area contributed by atoms with E-state index in [-0.39, 0.29) is 0 Å². The van der Waals surface area contributed by atoms with Crippen LogP contribution in [0, 0.1) is 0 Å². The van der Waals surface area contributed by atoms with Crippen molar-refractivity contribution in [2.45, 2.75) is 62.6 Å². The second kappa shape index (κ2) is 11.2. The summed E-state index contributed by atoms with van der Waals surface area (Å²) in [6.07, 6.45) is 10.5. The Hall–Kier alpha value is 0.390. The van der Waals surface area contributed by atoms with Gasteiger partial charge in [-0.15, -0.1) is 0 Å². The maximum atomic E-state index is 4.46. The van der Waals surface area contributed by atoms with Crippen LogP contribution in [0.5, 0.6) is 0 Å². The molecule has 0 saturated heterocycles. The molecule has 104 valence electrons. The van der Waals surface area contributed by atoms with Crippen molar-refractivity contribution in [3.8, 4) is 0 Å². The molecule has 0 aliphatic carbocycles. The lowest BCUT2D eigenvalue weighted by molar-refractivity contribution is 0.606. The molecule has 1 heterocycles. The highest BCUT2D eigenvalue weighted by Crippen LogP contribution is 2.22. The van der Waals surface area contributed by atoms with Gasteiger partial charge in [0.1, 0.15) is 5.82 Å². The Morgan fingerprint density at radius 2 is 1.72 bits per heavy atom. The highest BCUT2D eigenvalue weighted by atomic mass is 79.9. The molecule has 0 amide bonds. The zero-order valence-electron chi connectivity index (χ0n) is 11.2. The SMILES string of the molecule is CCc1nsc(SCCCCCCCCCBr)n1. The van der Waals surface area contributed by atoms with E-state index in [2.05, 4.69) is 32.2 Å². The summed E-state index contributed by atoms with van der Waals surface area (Å²) in [5, 5.41) is 1.16. The Bertz CT molecular complexity index is 305. The van der Waals surface area contributed by atoms with Gasteiger partial charge in [-0.1, -0.05) is 66.7 Å². The summed E-state index contributed by atoms with van der Waals surface area (Å²) in [6.45, 7) is 2.10. The molecule has 1 rings (SSSR count). The van der Waals surface area contributed by atoms with Gasteiger partial charge in [0, 0.05) is 17.5 Å². The summed E-state index contributed by atoms with van der Waals surface area (Å²) >= 11 is 6.89. The molecule has 0 atom stereocenters. The topological polar surface area (TPSA) is 25.8 Å². The molecule has 18 heavy (non-hydrogen) atoms. The zero-order valence-corrected chi connectivity index (χ0v) is 14.4. The van der Waals surface area contributed by atoms with Gasteiger partial charge in [0.05, 0.1) is 0 Å². The van der Waals surface area contributed by atoms with Gasteiger partial charge in [0.2, 0.25) is 0 Å². The number of unbranched alkanes of at least 4 members (excludes halogenated alkanes) is 6. The van der Waals surface area contributed by atoms with Crippen molar-refractivity contribution in [2.24, 2.45) is 0 Å². The van der Waals surface area contributed by atoms with Crippen LogP contribution in [-0.2, 0) is 6.42 Å². The highest BCUT2D eigenvalue weighted by molar-refractivity contribution is 9.09. The number of alkyl halides is 1. The van der Waals surface area contributed by atoms with Gasteiger partial charge in [-0.05, 0) is 24.4 Å². The molecule has 0 fully saturated rings. The summed E-state index contributed by atoms with van der Waals surface area (Å²) in [4.78, 5) is 4.46. The van der Waals surface area contributed by atoms with E-state index in [0.717, 1.165) is 21.9 Å². The van der Waals surface area contributed by atoms with Crippen molar-refractivity contribution in [3.63, 3.8) is 0 Å². The van der Waals surface area contributed by atoms with Crippen LogP contribution >= 0.6 is 39.2 Å². The maximum Gasteiger partial charge on any atom is 0.170 e. The van der Waals surface area contributed by atoms with E-state index in [9.17, 15) is 0 Å². The Morgan fingerprint density at radius 1 is 1.06 bits per heavy atom. The minimum Gasteiger partial charge on any atom is -0.213 e. The first-order valence-corrected chi connectivity index (χ1v) is 9.76. The summed E-state index contributed by atoms with van der Waals surface area (Å²) in [5.74, 6) is 2.19. The van der Waals surface area contributed by atoms with E-state index >= 15 is 0 Å². The Kier molecular flexibility index (Phi) is 10.3. The third-order valence-corrected chi connectivity index (χ3v) is 5.29. The van der Waals surface area contributed by atoms with Gasteiger partial charge in [-0.25, -0.2) is 4.98 Å². The first-order chi connectivity index (χ1) is 8.86. The van der Waals surface area contributed by atoms with Crippen LogP contribution in [0.4, 0.5) is 0 Å². The van der Waals surface area contributed by atoms with Crippen molar-refractivity contribution >= 4 is 39.2 Å². The quantitative estimate of drug-likeness (QED) is 0.307. The monoisotopic (exact) mass is 350 g/mol. The molecular formula is C13H23BrN2S2. The van der Waals surface area contributed by atoms with Crippen LogP contribution in [0.3, 0.4) is 0 Å². The molecule has 0 bridgehead atoms. The molecule has 0 aromatic carbocycles. The molecule has 0 unspecified atom stereocenters. The minimum atomic E-state index is 0.950. The van der Waals surface area contributed by atoms with Crippen LogP contribution < -0.4 is 0 Å². The largest absolute Gasteiger partial charge is 0.213 e. The van der Waals surface area contributed by atoms with Crippen molar-refractivity contribution in [2.75, 3.05) is 11.1 Å². The average Bonchev–Trinajstić information content (AvgIpc) is 2.85. The molecular weight excluding hydrogens is 328 g/mol. The molecule has 0 aliphatic heterocycles. The third-order valence-electron chi connectivity index (χ3n) is 2.77. The number of aryl methyl sites for hydroxylation is 1. The van der Waals surface area contributed by atoms with Crippen LogP contribution in [-0.4, -0.2) is 20.4 Å². The molecule has 1 aromatic heterocycles. The Morgan fingerprint density at radius 3 is 2.33 bits per heavy atom. The predicted octanol–water partition coefficient (Wildman–Crippen LogP) is 5.32. The van der Waals surface area contributed by atoms with Gasteiger partial charge >= 0.3 is 0 Å². The molecule has 0 aliphatic rings. The Balaban J connectivity index is 1.89. The predicted molar refractivity (Wildman–Crippen MR) is 86.1 cm³/mol. The number of halogens is 1. The lowest BCUT2D eigenvalue weighted by Gasteiger charge is -2.00. The lowest BCUT2D eigenvalue weighted by Crippen LogP contribution is -1.84. The van der Waals surface area contributed by atoms with E-state index in [0.29, 0.717) is 0 Å². The fourth-order valence-corrected chi connectivity index (χ4v) is 3.84. The van der Waals surface area contributed by atoms with Crippen LogP contribution in [0.15, 0.2) is 4.34 Å².